The third-order valence-electron chi connectivity index (χ3n) is 3.94. The Bertz CT molecular complexity index is 645. The fraction of sp³-hybridized carbons (Fsp3) is 0.421. The van der Waals surface area contributed by atoms with Gasteiger partial charge in [-0.3, -0.25) is 4.98 Å². The Balaban J connectivity index is 2.66. The van der Waals surface area contributed by atoms with E-state index in [0.29, 0.717) is 0 Å². The minimum absolute atomic E-state index is 0.149. The highest BCUT2D eigenvalue weighted by Crippen LogP contribution is 2.28. The zero-order valence-corrected chi connectivity index (χ0v) is 15.4. The molecule has 0 radical (unpaired) electrons. The molecule has 0 bridgehead atoms. The van der Waals surface area contributed by atoms with Crippen LogP contribution in [0.25, 0.3) is 11.3 Å². The molecule has 21 heavy (non-hydrogen) atoms. The molecule has 0 aliphatic carbocycles. The molecule has 0 fully saturated rings. The van der Waals surface area contributed by atoms with Crippen LogP contribution in [0.5, 0.6) is 0 Å². The Morgan fingerprint density at radius 1 is 1.00 bits per heavy atom. The molecule has 0 unspecified atom stereocenters. The summed E-state index contributed by atoms with van der Waals surface area (Å²) >= 11 is 0. The van der Waals surface area contributed by atoms with E-state index in [9.17, 15) is 0 Å². The van der Waals surface area contributed by atoms with Gasteiger partial charge in [-0.2, -0.15) is 0 Å². The molecule has 0 spiro atoms. The Hall–Kier alpha value is -1.41. The number of hydrogen-bond donors (Lipinski definition) is 0. The van der Waals surface area contributed by atoms with Crippen LogP contribution in [0.3, 0.4) is 0 Å². The minimum Gasteiger partial charge on any atom is -0.256 e. The molecule has 0 saturated carbocycles. The molecule has 1 nitrogen and oxygen atoms in total. The molecule has 2 aromatic rings. The topological polar surface area (TPSA) is 12.9 Å². The summed E-state index contributed by atoms with van der Waals surface area (Å²) in [6.45, 7) is 16.2. The first kappa shape index (κ1) is 16.0. The van der Waals surface area contributed by atoms with Gasteiger partial charge in [-0.15, -0.1) is 0 Å². The van der Waals surface area contributed by atoms with Crippen molar-refractivity contribution in [3.8, 4) is 11.3 Å². The van der Waals surface area contributed by atoms with E-state index in [-0.39, 0.29) is 5.41 Å². The highest BCUT2D eigenvalue weighted by Gasteiger charge is 2.27. The number of benzene rings is 1. The van der Waals surface area contributed by atoms with Crippen LogP contribution < -0.4 is 5.19 Å². The van der Waals surface area contributed by atoms with Crippen LogP contribution in [-0.4, -0.2) is 13.1 Å². The van der Waals surface area contributed by atoms with Gasteiger partial charge >= 0.3 is 0 Å². The lowest BCUT2D eigenvalue weighted by atomic mass is 9.86. The molecular formula is C19H27NSi. The smallest absolute Gasteiger partial charge is 0.0800 e. The first-order valence-corrected chi connectivity index (χ1v) is 11.2. The van der Waals surface area contributed by atoms with Crippen molar-refractivity contribution in [2.24, 2.45) is 0 Å². The first-order valence-electron chi connectivity index (χ1n) is 7.68. The van der Waals surface area contributed by atoms with E-state index in [4.69, 9.17) is 4.98 Å². The Kier molecular flexibility index (Phi) is 4.12. The van der Waals surface area contributed by atoms with Gasteiger partial charge in [0, 0.05) is 11.8 Å². The third-order valence-corrected chi connectivity index (χ3v) is 5.96. The minimum atomic E-state index is -1.39. The maximum atomic E-state index is 4.79. The summed E-state index contributed by atoms with van der Waals surface area (Å²) in [5.41, 5.74) is 5.22. The lowest BCUT2D eigenvalue weighted by molar-refractivity contribution is 0.593. The Morgan fingerprint density at radius 3 is 2.14 bits per heavy atom. The van der Waals surface area contributed by atoms with Crippen LogP contribution in [0.15, 0.2) is 36.5 Å². The quantitative estimate of drug-likeness (QED) is 0.718. The molecule has 2 rings (SSSR count). The fourth-order valence-electron chi connectivity index (χ4n) is 2.68. The molecule has 0 saturated heterocycles. The molecule has 0 N–H and O–H groups in total. The fourth-order valence-corrected chi connectivity index (χ4v) is 4.39. The number of nitrogens with zero attached hydrogens (tertiary/aromatic N) is 1. The van der Waals surface area contributed by atoms with Gasteiger partial charge < -0.3 is 0 Å². The normalized spacial score (nSPS) is 12.5. The SMILES string of the molecule is Cc1ccccc1-c1cc(C(C)(C)C)c([Si](C)(C)C)cn1. The highest BCUT2D eigenvalue weighted by molar-refractivity contribution is 6.89. The van der Waals surface area contributed by atoms with E-state index in [1.165, 1.54) is 21.9 Å². The lowest BCUT2D eigenvalue weighted by Gasteiger charge is -2.29. The highest BCUT2D eigenvalue weighted by atomic mass is 28.3. The first-order chi connectivity index (χ1) is 9.60. The van der Waals surface area contributed by atoms with Gasteiger partial charge in [0.15, 0.2) is 0 Å². The molecule has 1 aromatic heterocycles. The second kappa shape index (κ2) is 5.41. The molecule has 0 aliphatic heterocycles. The largest absolute Gasteiger partial charge is 0.256 e. The number of aryl methyl sites for hydroxylation is 1. The van der Waals surface area contributed by atoms with Crippen molar-refractivity contribution >= 4 is 13.3 Å². The number of hydrogen-bond acceptors (Lipinski definition) is 1. The van der Waals surface area contributed by atoms with Gasteiger partial charge in [-0.05, 0) is 34.7 Å². The molecule has 1 heterocycles. The maximum absolute atomic E-state index is 4.79. The van der Waals surface area contributed by atoms with E-state index < -0.39 is 8.07 Å². The van der Waals surface area contributed by atoms with Crippen LogP contribution >= 0.6 is 0 Å². The second-order valence-electron chi connectivity index (χ2n) is 7.93. The molecule has 0 atom stereocenters. The van der Waals surface area contributed by atoms with Crippen molar-refractivity contribution in [3.05, 3.63) is 47.7 Å². The van der Waals surface area contributed by atoms with E-state index in [1.54, 1.807) is 0 Å². The summed E-state index contributed by atoms with van der Waals surface area (Å²) < 4.78 is 0. The van der Waals surface area contributed by atoms with E-state index in [2.05, 4.69) is 83.9 Å². The van der Waals surface area contributed by atoms with Gasteiger partial charge in [0.25, 0.3) is 0 Å². The van der Waals surface area contributed by atoms with Crippen LogP contribution in [0.4, 0.5) is 0 Å². The molecule has 112 valence electrons. The molecule has 2 heteroatoms. The van der Waals surface area contributed by atoms with Crippen LogP contribution in [0.1, 0.15) is 31.9 Å². The molecule has 0 aliphatic rings. The van der Waals surface area contributed by atoms with Gasteiger partial charge in [0.1, 0.15) is 0 Å². The summed E-state index contributed by atoms with van der Waals surface area (Å²) in [5.74, 6) is 0. The zero-order chi connectivity index (χ0) is 15.8. The van der Waals surface area contributed by atoms with Gasteiger partial charge in [0.2, 0.25) is 0 Å². The van der Waals surface area contributed by atoms with Crippen molar-refractivity contribution in [1.29, 1.82) is 0 Å². The van der Waals surface area contributed by atoms with Gasteiger partial charge in [-0.25, -0.2) is 0 Å². The second-order valence-corrected chi connectivity index (χ2v) is 13.0. The summed E-state index contributed by atoms with van der Waals surface area (Å²) in [6.07, 6.45) is 2.13. The Morgan fingerprint density at radius 2 is 1.62 bits per heavy atom. The Labute approximate surface area is 130 Å². The van der Waals surface area contributed by atoms with E-state index in [0.717, 1.165) is 5.69 Å². The number of aromatic nitrogens is 1. The van der Waals surface area contributed by atoms with Gasteiger partial charge in [-0.1, -0.05) is 64.7 Å². The summed E-state index contributed by atoms with van der Waals surface area (Å²) in [4.78, 5) is 4.79. The third kappa shape index (κ3) is 3.43. The molecule has 0 amide bonds. The molecule has 1 aromatic carbocycles. The van der Waals surface area contributed by atoms with E-state index >= 15 is 0 Å². The molecular weight excluding hydrogens is 270 g/mol. The van der Waals surface area contributed by atoms with Crippen LogP contribution in [-0.2, 0) is 5.41 Å². The average Bonchev–Trinajstić information content (AvgIpc) is 2.36. The summed E-state index contributed by atoms with van der Waals surface area (Å²) in [7, 11) is -1.39. The van der Waals surface area contributed by atoms with Crippen molar-refractivity contribution in [2.45, 2.75) is 52.8 Å². The van der Waals surface area contributed by atoms with Crippen LogP contribution in [0, 0.1) is 6.92 Å². The lowest BCUT2D eigenvalue weighted by Crippen LogP contribution is -2.43. The van der Waals surface area contributed by atoms with Crippen molar-refractivity contribution in [1.82, 2.24) is 4.98 Å². The zero-order valence-electron chi connectivity index (χ0n) is 14.4. The average molecular weight is 298 g/mol. The predicted octanol–water partition coefficient (Wildman–Crippen LogP) is 4.90. The number of pyridine rings is 1. The number of rotatable bonds is 2. The maximum Gasteiger partial charge on any atom is 0.0800 e. The monoisotopic (exact) mass is 297 g/mol. The summed E-state index contributed by atoms with van der Waals surface area (Å²) in [5, 5.41) is 1.48. The summed E-state index contributed by atoms with van der Waals surface area (Å²) in [6, 6.07) is 10.8. The predicted molar refractivity (Wildman–Crippen MR) is 96.1 cm³/mol. The van der Waals surface area contributed by atoms with Gasteiger partial charge in [0.05, 0.1) is 13.8 Å². The van der Waals surface area contributed by atoms with Crippen molar-refractivity contribution < 1.29 is 0 Å². The van der Waals surface area contributed by atoms with E-state index in [1.807, 2.05) is 0 Å². The van der Waals surface area contributed by atoms with Crippen molar-refractivity contribution in [2.75, 3.05) is 0 Å². The standard InChI is InChI=1S/C19H27NSi/c1-14-10-8-9-11-15(14)17-12-16(19(2,3)4)18(13-20-17)21(5,6)7/h8-13H,1-7H3. The van der Waals surface area contributed by atoms with Crippen molar-refractivity contribution in [3.63, 3.8) is 0 Å². The van der Waals surface area contributed by atoms with Crippen LogP contribution in [0.2, 0.25) is 19.6 Å².